The zero-order chi connectivity index (χ0) is 13.9. The lowest BCUT2D eigenvalue weighted by Crippen LogP contribution is -2.02. The molecule has 0 bridgehead atoms. The van der Waals surface area contributed by atoms with Gasteiger partial charge in [-0.25, -0.2) is 5.10 Å². The number of aromatic amines is 1. The van der Waals surface area contributed by atoms with Gasteiger partial charge in [-0.05, 0) is 40.0 Å². The third kappa shape index (κ3) is 2.85. The highest BCUT2D eigenvalue weighted by molar-refractivity contribution is 6.31. The molecule has 1 aliphatic rings. The SMILES string of the molecule is CC(c1ccc(CC2CCCC2)c(Cl)c1)c1nnn[nH]1. The van der Waals surface area contributed by atoms with E-state index in [1.165, 1.54) is 31.2 Å². The highest BCUT2D eigenvalue weighted by Crippen LogP contribution is 2.32. The zero-order valence-corrected chi connectivity index (χ0v) is 12.4. The van der Waals surface area contributed by atoms with Crippen LogP contribution in [0.5, 0.6) is 0 Å². The Hall–Kier alpha value is -1.42. The Labute approximate surface area is 123 Å². The maximum absolute atomic E-state index is 6.45. The number of hydrogen-bond donors (Lipinski definition) is 1. The van der Waals surface area contributed by atoms with Gasteiger partial charge in [-0.1, -0.05) is 56.3 Å². The summed E-state index contributed by atoms with van der Waals surface area (Å²) in [4.78, 5) is 0. The van der Waals surface area contributed by atoms with Crippen LogP contribution >= 0.6 is 11.6 Å². The van der Waals surface area contributed by atoms with Crippen LogP contribution in [0.15, 0.2) is 18.2 Å². The molecule has 1 saturated carbocycles. The van der Waals surface area contributed by atoms with Crippen molar-refractivity contribution in [2.24, 2.45) is 5.92 Å². The third-order valence-corrected chi connectivity index (χ3v) is 4.68. The Morgan fingerprint density at radius 3 is 2.80 bits per heavy atom. The van der Waals surface area contributed by atoms with E-state index in [1.54, 1.807) is 0 Å². The second-order valence-electron chi connectivity index (χ2n) is 5.71. The highest BCUT2D eigenvalue weighted by atomic mass is 35.5. The molecule has 5 heteroatoms. The molecule has 3 rings (SSSR count). The average molecular weight is 291 g/mol. The maximum atomic E-state index is 6.45. The van der Waals surface area contributed by atoms with Gasteiger partial charge in [0, 0.05) is 10.9 Å². The quantitative estimate of drug-likeness (QED) is 0.933. The molecule has 1 aromatic heterocycles. The molecule has 0 saturated heterocycles. The highest BCUT2D eigenvalue weighted by Gasteiger charge is 2.18. The minimum Gasteiger partial charge on any atom is -0.242 e. The van der Waals surface area contributed by atoms with E-state index in [4.69, 9.17) is 11.6 Å². The van der Waals surface area contributed by atoms with Gasteiger partial charge in [0.05, 0.1) is 0 Å². The van der Waals surface area contributed by atoms with Gasteiger partial charge in [0.1, 0.15) is 0 Å². The molecule has 1 fully saturated rings. The first kappa shape index (κ1) is 13.6. The van der Waals surface area contributed by atoms with E-state index in [2.05, 4.69) is 45.7 Å². The Balaban J connectivity index is 1.76. The number of nitrogens with zero attached hydrogens (tertiary/aromatic N) is 3. The van der Waals surface area contributed by atoms with E-state index in [0.717, 1.165) is 28.7 Å². The molecule has 0 aliphatic heterocycles. The Morgan fingerprint density at radius 1 is 1.35 bits per heavy atom. The molecule has 4 nitrogen and oxygen atoms in total. The number of hydrogen-bond acceptors (Lipinski definition) is 3. The molecule has 0 spiro atoms. The van der Waals surface area contributed by atoms with Gasteiger partial charge in [-0.2, -0.15) is 0 Å². The summed E-state index contributed by atoms with van der Waals surface area (Å²) in [5.41, 5.74) is 2.41. The van der Waals surface area contributed by atoms with Crippen molar-refractivity contribution < 1.29 is 0 Å². The van der Waals surface area contributed by atoms with Crippen LogP contribution < -0.4 is 0 Å². The Bertz CT molecular complexity index is 561. The van der Waals surface area contributed by atoms with Gasteiger partial charge in [-0.15, -0.1) is 5.10 Å². The van der Waals surface area contributed by atoms with Crippen molar-refractivity contribution >= 4 is 11.6 Å². The van der Waals surface area contributed by atoms with E-state index in [9.17, 15) is 0 Å². The summed E-state index contributed by atoms with van der Waals surface area (Å²) in [5, 5.41) is 14.9. The zero-order valence-electron chi connectivity index (χ0n) is 11.6. The minimum absolute atomic E-state index is 0.128. The van der Waals surface area contributed by atoms with Crippen LogP contribution in [0.1, 0.15) is 55.5 Å². The fourth-order valence-corrected chi connectivity index (χ4v) is 3.30. The minimum atomic E-state index is 0.128. The van der Waals surface area contributed by atoms with Gasteiger partial charge in [0.15, 0.2) is 5.82 Å². The van der Waals surface area contributed by atoms with E-state index < -0.39 is 0 Å². The lowest BCUT2D eigenvalue weighted by atomic mass is 9.94. The summed E-state index contributed by atoms with van der Waals surface area (Å²) >= 11 is 6.45. The molecule has 1 unspecified atom stereocenters. The number of rotatable bonds is 4. The van der Waals surface area contributed by atoms with Crippen molar-refractivity contribution in [3.05, 3.63) is 40.2 Å². The Morgan fingerprint density at radius 2 is 2.15 bits per heavy atom. The lowest BCUT2D eigenvalue weighted by Gasteiger charge is -2.13. The van der Waals surface area contributed by atoms with Crippen molar-refractivity contribution in [2.75, 3.05) is 0 Å². The van der Waals surface area contributed by atoms with Crippen LogP contribution in [-0.2, 0) is 6.42 Å². The van der Waals surface area contributed by atoms with Crippen molar-refractivity contribution in [2.45, 2.75) is 44.9 Å². The molecule has 1 atom stereocenters. The molecule has 1 aromatic carbocycles. The van der Waals surface area contributed by atoms with Crippen LogP contribution in [0.3, 0.4) is 0 Å². The molecule has 1 heterocycles. The predicted octanol–water partition coefficient (Wildman–Crippen LogP) is 3.74. The fraction of sp³-hybridized carbons (Fsp3) is 0.533. The van der Waals surface area contributed by atoms with E-state index >= 15 is 0 Å². The van der Waals surface area contributed by atoms with Gasteiger partial charge < -0.3 is 0 Å². The summed E-state index contributed by atoms with van der Waals surface area (Å²) < 4.78 is 0. The van der Waals surface area contributed by atoms with Gasteiger partial charge >= 0.3 is 0 Å². The molecule has 0 radical (unpaired) electrons. The maximum Gasteiger partial charge on any atom is 0.155 e. The molecular formula is C15H19ClN4. The van der Waals surface area contributed by atoms with Crippen LogP contribution in [0, 0.1) is 5.92 Å². The molecular weight excluding hydrogens is 272 g/mol. The van der Waals surface area contributed by atoms with Gasteiger partial charge in [-0.3, -0.25) is 0 Å². The van der Waals surface area contributed by atoms with Crippen LogP contribution in [0.4, 0.5) is 0 Å². The number of aromatic nitrogens is 4. The fourth-order valence-electron chi connectivity index (χ4n) is 3.03. The predicted molar refractivity (Wildman–Crippen MR) is 78.8 cm³/mol. The number of nitrogens with one attached hydrogen (secondary N) is 1. The van der Waals surface area contributed by atoms with Crippen LogP contribution in [0.25, 0.3) is 0 Å². The van der Waals surface area contributed by atoms with E-state index in [0.29, 0.717) is 0 Å². The first-order valence-electron chi connectivity index (χ1n) is 7.26. The van der Waals surface area contributed by atoms with Crippen molar-refractivity contribution in [3.63, 3.8) is 0 Å². The van der Waals surface area contributed by atoms with E-state index in [-0.39, 0.29) is 5.92 Å². The second kappa shape index (κ2) is 5.92. The second-order valence-corrected chi connectivity index (χ2v) is 6.12. The topological polar surface area (TPSA) is 54.5 Å². The Kier molecular flexibility index (Phi) is 4.01. The number of halogens is 1. The standard InChI is InChI=1S/C15H19ClN4/c1-10(15-17-19-20-18-15)12-6-7-13(14(16)9-12)8-11-4-2-3-5-11/h6-7,9-11H,2-5,8H2,1H3,(H,17,18,19,20). The van der Waals surface area contributed by atoms with Gasteiger partial charge in [0.2, 0.25) is 0 Å². The average Bonchev–Trinajstić information content (AvgIpc) is 3.12. The third-order valence-electron chi connectivity index (χ3n) is 4.33. The van der Waals surface area contributed by atoms with Gasteiger partial charge in [0.25, 0.3) is 0 Å². The van der Waals surface area contributed by atoms with Crippen LogP contribution in [0.2, 0.25) is 5.02 Å². The smallest absolute Gasteiger partial charge is 0.155 e. The first-order valence-corrected chi connectivity index (χ1v) is 7.64. The summed E-state index contributed by atoms with van der Waals surface area (Å²) in [6.45, 7) is 2.07. The lowest BCUT2D eigenvalue weighted by molar-refractivity contribution is 0.546. The van der Waals surface area contributed by atoms with Crippen molar-refractivity contribution in [1.29, 1.82) is 0 Å². The largest absolute Gasteiger partial charge is 0.242 e. The van der Waals surface area contributed by atoms with Crippen molar-refractivity contribution in [3.8, 4) is 0 Å². The number of benzene rings is 1. The molecule has 2 aromatic rings. The normalized spacial score (nSPS) is 17.5. The monoisotopic (exact) mass is 290 g/mol. The number of tetrazole rings is 1. The number of H-pyrrole nitrogens is 1. The van der Waals surface area contributed by atoms with Crippen LogP contribution in [-0.4, -0.2) is 20.6 Å². The summed E-state index contributed by atoms with van der Waals surface area (Å²) in [5.74, 6) is 1.71. The first-order chi connectivity index (χ1) is 9.74. The molecule has 106 valence electrons. The summed E-state index contributed by atoms with van der Waals surface area (Å²) in [7, 11) is 0. The molecule has 20 heavy (non-hydrogen) atoms. The van der Waals surface area contributed by atoms with Crippen molar-refractivity contribution in [1.82, 2.24) is 20.6 Å². The molecule has 1 aliphatic carbocycles. The summed E-state index contributed by atoms with van der Waals surface area (Å²) in [6.07, 6.45) is 6.54. The molecule has 0 amide bonds. The summed E-state index contributed by atoms with van der Waals surface area (Å²) in [6, 6.07) is 6.36. The molecule has 1 N–H and O–H groups in total. The van der Waals surface area contributed by atoms with E-state index in [1.807, 2.05) is 0 Å².